The highest BCUT2D eigenvalue weighted by Gasteiger charge is 2.34. The number of hydrogen-bond donors (Lipinski definition) is 0. The van der Waals surface area contributed by atoms with Crippen molar-refractivity contribution in [2.45, 2.75) is 13.3 Å². The molecule has 0 unspecified atom stereocenters. The highest BCUT2D eigenvalue weighted by Crippen LogP contribution is 2.33. The number of rotatable bonds is 5. The number of benzene rings is 1. The molecule has 1 fully saturated rings. The average Bonchev–Trinajstić information content (AvgIpc) is 2.74. The Kier molecular flexibility index (Phi) is 5.69. The first kappa shape index (κ1) is 16.7. The lowest BCUT2D eigenvalue weighted by Crippen LogP contribution is -2.28. The fourth-order valence-corrected chi connectivity index (χ4v) is 3.29. The molecule has 114 valence electrons. The largest absolute Gasteiger partial charge is 0.480 e. The molecule has 0 atom stereocenters. The molecule has 1 aromatic rings. The van der Waals surface area contributed by atoms with E-state index in [2.05, 4.69) is 21.9 Å². The van der Waals surface area contributed by atoms with Crippen LogP contribution in [-0.2, 0) is 4.79 Å². The summed E-state index contributed by atoms with van der Waals surface area (Å²) in [5.41, 5.74) is 0.807. The maximum atomic E-state index is 12.2. The number of imide groups is 1. The number of nitrogens with zero attached hydrogens (tertiary/aromatic N) is 1. The van der Waals surface area contributed by atoms with E-state index >= 15 is 0 Å². The van der Waals surface area contributed by atoms with E-state index in [1.807, 2.05) is 19.1 Å². The van der Waals surface area contributed by atoms with Crippen molar-refractivity contribution in [2.24, 2.45) is 0 Å². The number of halogens is 1. The Balaban J connectivity index is 2.20. The molecule has 6 heteroatoms. The van der Waals surface area contributed by atoms with Gasteiger partial charge in [0.25, 0.3) is 11.1 Å². The van der Waals surface area contributed by atoms with Gasteiger partial charge in [0, 0.05) is 6.54 Å². The Morgan fingerprint density at radius 3 is 2.86 bits per heavy atom. The standard InChI is InChI=1S/C16H14BrNO3S/c1-3-7-18-15(19)14(22-16(18)20)10-11-5-6-13(12(17)9-11)21-8-4-2/h2,5-6,9-10H,3,7-8H2,1H3/b14-10+. The van der Waals surface area contributed by atoms with Gasteiger partial charge in [0.15, 0.2) is 0 Å². The van der Waals surface area contributed by atoms with Gasteiger partial charge < -0.3 is 4.74 Å². The summed E-state index contributed by atoms with van der Waals surface area (Å²) in [6.07, 6.45) is 7.61. The molecule has 2 amide bonds. The third kappa shape index (κ3) is 3.73. The van der Waals surface area contributed by atoms with E-state index < -0.39 is 0 Å². The SMILES string of the molecule is C#CCOc1ccc(/C=C2/SC(=O)N(CCC)C2=O)cc1Br. The van der Waals surface area contributed by atoms with Crippen LogP contribution in [-0.4, -0.2) is 29.2 Å². The average molecular weight is 380 g/mol. The first-order valence-electron chi connectivity index (χ1n) is 6.68. The lowest BCUT2D eigenvalue weighted by atomic mass is 10.2. The third-order valence-corrected chi connectivity index (χ3v) is 4.41. The van der Waals surface area contributed by atoms with Gasteiger partial charge in [0.1, 0.15) is 12.4 Å². The van der Waals surface area contributed by atoms with Crippen molar-refractivity contribution in [3.8, 4) is 18.1 Å². The quantitative estimate of drug-likeness (QED) is 0.574. The topological polar surface area (TPSA) is 46.6 Å². The van der Waals surface area contributed by atoms with Gasteiger partial charge in [-0.1, -0.05) is 18.9 Å². The van der Waals surface area contributed by atoms with Crippen molar-refractivity contribution < 1.29 is 14.3 Å². The summed E-state index contributed by atoms with van der Waals surface area (Å²) in [6.45, 7) is 2.57. The predicted molar refractivity (Wildman–Crippen MR) is 91.4 cm³/mol. The first-order chi connectivity index (χ1) is 10.6. The van der Waals surface area contributed by atoms with Gasteiger partial charge in [0.05, 0.1) is 9.38 Å². The predicted octanol–water partition coefficient (Wildman–Crippen LogP) is 3.91. The third-order valence-electron chi connectivity index (χ3n) is 2.89. The second-order valence-corrected chi connectivity index (χ2v) is 6.36. The van der Waals surface area contributed by atoms with Crippen molar-refractivity contribution >= 4 is 44.9 Å². The Labute approximate surface area is 142 Å². The molecule has 1 heterocycles. The minimum atomic E-state index is -0.236. The molecule has 4 nitrogen and oxygen atoms in total. The minimum absolute atomic E-state index is 0.188. The summed E-state index contributed by atoms with van der Waals surface area (Å²) < 4.78 is 6.10. The lowest BCUT2D eigenvalue weighted by Gasteiger charge is -2.09. The van der Waals surface area contributed by atoms with Crippen LogP contribution >= 0.6 is 27.7 Å². The van der Waals surface area contributed by atoms with E-state index in [4.69, 9.17) is 11.2 Å². The Hall–Kier alpha value is -1.71. The monoisotopic (exact) mass is 379 g/mol. The van der Waals surface area contributed by atoms with Crippen LogP contribution in [0, 0.1) is 12.3 Å². The molecule has 1 saturated heterocycles. The number of terminal acetylenes is 1. The fraction of sp³-hybridized carbons (Fsp3) is 0.250. The molecule has 22 heavy (non-hydrogen) atoms. The van der Waals surface area contributed by atoms with E-state index in [-0.39, 0.29) is 17.8 Å². The number of thioether (sulfide) groups is 1. The zero-order valence-electron chi connectivity index (χ0n) is 12.0. The van der Waals surface area contributed by atoms with Crippen molar-refractivity contribution in [3.05, 3.63) is 33.1 Å². The number of carbonyl (C=O) groups is 2. The molecule has 0 saturated carbocycles. The summed E-state index contributed by atoms with van der Waals surface area (Å²) in [7, 11) is 0. The molecule has 0 aromatic heterocycles. The zero-order valence-corrected chi connectivity index (χ0v) is 14.4. The summed E-state index contributed by atoms with van der Waals surface area (Å²) in [5.74, 6) is 2.80. The molecular weight excluding hydrogens is 366 g/mol. The van der Waals surface area contributed by atoms with Crippen molar-refractivity contribution in [3.63, 3.8) is 0 Å². The Morgan fingerprint density at radius 1 is 1.45 bits per heavy atom. The number of ether oxygens (including phenoxy) is 1. The second-order valence-electron chi connectivity index (χ2n) is 4.52. The van der Waals surface area contributed by atoms with Gasteiger partial charge >= 0.3 is 0 Å². The van der Waals surface area contributed by atoms with Gasteiger partial charge in [-0.2, -0.15) is 0 Å². The zero-order chi connectivity index (χ0) is 16.1. The number of amides is 2. The normalized spacial score (nSPS) is 16.2. The maximum Gasteiger partial charge on any atom is 0.293 e. The molecule has 0 N–H and O–H groups in total. The molecular formula is C16H14BrNO3S. The van der Waals surface area contributed by atoms with Crippen LogP contribution < -0.4 is 4.74 Å². The smallest absolute Gasteiger partial charge is 0.293 e. The molecule has 0 radical (unpaired) electrons. The van der Waals surface area contributed by atoms with Crippen LogP contribution in [0.15, 0.2) is 27.6 Å². The van der Waals surface area contributed by atoms with Gasteiger partial charge in [-0.05, 0) is 57.9 Å². The van der Waals surface area contributed by atoms with Crippen LogP contribution in [0.2, 0.25) is 0 Å². The first-order valence-corrected chi connectivity index (χ1v) is 8.29. The number of carbonyl (C=O) groups excluding carboxylic acids is 2. The number of hydrogen-bond acceptors (Lipinski definition) is 4. The summed E-state index contributed by atoms with van der Waals surface area (Å²) in [6, 6.07) is 5.40. The molecule has 0 bridgehead atoms. The van der Waals surface area contributed by atoms with E-state index in [1.165, 1.54) is 4.90 Å². The molecule has 1 aromatic carbocycles. The van der Waals surface area contributed by atoms with Crippen molar-refractivity contribution in [2.75, 3.05) is 13.2 Å². The highest BCUT2D eigenvalue weighted by atomic mass is 79.9. The highest BCUT2D eigenvalue weighted by molar-refractivity contribution is 9.10. The Bertz CT molecular complexity index is 678. The van der Waals surface area contributed by atoms with E-state index in [9.17, 15) is 9.59 Å². The Morgan fingerprint density at radius 2 is 2.23 bits per heavy atom. The van der Waals surface area contributed by atoms with Crippen molar-refractivity contribution in [1.29, 1.82) is 0 Å². The minimum Gasteiger partial charge on any atom is -0.480 e. The van der Waals surface area contributed by atoms with Gasteiger partial charge in [-0.25, -0.2) is 0 Å². The van der Waals surface area contributed by atoms with Gasteiger partial charge in [-0.15, -0.1) is 6.42 Å². The van der Waals surface area contributed by atoms with E-state index in [0.29, 0.717) is 17.2 Å². The van der Waals surface area contributed by atoms with Crippen LogP contribution in [0.1, 0.15) is 18.9 Å². The van der Waals surface area contributed by atoms with E-state index in [1.54, 1.807) is 12.1 Å². The summed E-state index contributed by atoms with van der Waals surface area (Å²) in [4.78, 5) is 25.7. The maximum absolute atomic E-state index is 12.2. The van der Waals surface area contributed by atoms with Crippen LogP contribution in [0.4, 0.5) is 4.79 Å². The molecule has 2 rings (SSSR count). The van der Waals surface area contributed by atoms with Crippen LogP contribution in [0.25, 0.3) is 6.08 Å². The molecule has 1 aliphatic rings. The fourth-order valence-electron chi connectivity index (χ4n) is 1.91. The summed E-state index contributed by atoms with van der Waals surface area (Å²) >= 11 is 4.36. The molecule has 0 aliphatic carbocycles. The van der Waals surface area contributed by atoms with E-state index in [0.717, 1.165) is 28.2 Å². The molecule has 0 spiro atoms. The molecule has 1 aliphatic heterocycles. The van der Waals surface area contributed by atoms with Crippen LogP contribution in [0.3, 0.4) is 0 Å². The van der Waals surface area contributed by atoms with Gasteiger partial charge in [0.2, 0.25) is 0 Å². The lowest BCUT2D eigenvalue weighted by molar-refractivity contribution is -0.122. The summed E-state index contributed by atoms with van der Waals surface area (Å²) in [5, 5.41) is -0.217. The van der Waals surface area contributed by atoms with Gasteiger partial charge in [-0.3, -0.25) is 14.5 Å². The second kappa shape index (κ2) is 7.52. The van der Waals surface area contributed by atoms with Crippen molar-refractivity contribution in [1.82, 2.24) is 4.90 Å². The van der Waals surface area contributed by atoms with Crippen LogP contribution in [0.5, 0.6) is 5.75 Å².